The number of nitrogens with one attached hydrogen (secondary N) is 2. The first-order valence-corrected chi connectivity index (χ1v) is 10.4. The van der Waals surface area contributed by atoms with E-state index in [0.29, 0.717) is 36.3 Å². The fourth-order valence-corrected chi connectivity index (χ4v) is 4.26. The van der Waals surface area contributed by atoms with Crippen LogP contribution in [0, 0.1) is 0 Å². The van der Waals surface area contributed by atoms with Crippen molar-refractivity contribution < 1.29 is 24.3 Å². The molecule has 2 atom stereocenters. The Bertz CT molecular complexity index is 1070. The van der Waals surface area contributed by atoms with E-state index in [9.17, 15) is 14.4 Å². The Morgan fingerprint density at radius 1 is 1.22 bits per heavy atom. The lowest BCUT2D eigenvalue weighted by molar-refractivity contribution is -0.126. The topological polar surface area (TPSA) is 108 Å². The largest absolute Gasteiger partial charge is 0.486 e. The standard InChI is InChI=1S/C24H25N3O5/c1-27-12-11-24(14-19(27)23(30)25-17-5-3-2-4-6-17)15-20(28)18-13-16(7-9-21(18)32-24)8-10-22(29)26-31/h2-10,13,19,31H,11-12,14-15H2,1H3,(H,25,30)(H,26,29). The van der Waals surface area contributed by atoms with Gasteiger partial charge in [-0.1, -0.05) is 24.3 Å². The highest BCUT2D eigenvalue weighted by atomic mass is 16.5. The summed E-state index contributed by atoms with van der Waals surface area (Å²) in [6.07, 6.45) is 3.91. The zero-order valence-electron chi connectivity index (χ0n) is 17.7. The number of hydroxylamine groups is 1. The number of likely N-dealkylation sites (tertiary alicyclic amines) is 1. The summed E-state index contributed by atoms with van der Waals surface area (Å²) in [4.78, 5) is 39.2. The Hall–Kier alpha value is -3.49. The molecule has 166 valence electrons. The van der Waals surface area contributed by atoms with Crippen LogP contribution in [0.1, 0.15) is 35.2 Å². The van der Waals surface area contributed by atoms with E-state index in [1.54, 1.807) is 18.2 Å². The zero-order valence-corrected chi connectivity index (χ0v) is 17.7. The van der Waals surface area contributed by atoms with Crippen LogP contribution in [0.3, 0.4) is 0 Å². The summed E-state index contributed by atoms with van der Waals surface area (Å²) in [5.74, 6) is -0.352. The van der Waals surface area contributed by atoms with Gasteiger partial charge in [0, 0.05) is 31.1 Å². The van der Waals surface area contributed by atoms with Gasteiger partial charge in [-0.2, -0.15) is 0 Å². The molecule has 2 aliphatic rings. The van der Waals surface area contributed by atoms with Crippen molar-refractivity contribution >= 4 is 29.4 Å². The normalized spacial score (nSPS) is 22.9. The number of anilines is 1. The second-order valence-corrected chi connectivity index (χ2v) is 8.26. The van der Waals surface area contributed by atoms with Gasteiger partial charge in [0.1, 0.15) is 11.4 Å². The van der Waals surface area contributed by atoms with Gasteiger partial charge in [0.2, 0.25) is 5.91 Å². The van der Waals surface area contributed by atoms with Crippen molar-refractivity contribution in [2.45, 2.75) is 30.9 Å². The number of hydrogen-bond acceptors (Lipinski definition) is 6. The van der Waals surface area contributed by atoms with Gasteiger partial charge in [-0.05, 0) is 43.0 Å². The number of piperidine rings is 1. The molecule has 1 spiro atoms. The van der Waals surface area contributed by atoms with Crippen LogP contribution in [0.15, 0.2) is 54.6 Å². The highest BCUT2D eigenvalue weighted by Crippen LogP contribution is 2.41. The molecular formula is C24H25N3O5. The summed E-state index contributed by atoms with van der Waals surface area (Å²) in [5, 5.41) is 11.5. The molecular weight excluding hydrogens is 410 g/mol. The summed E-state index contributed by atoms with van der Waals surface area (Å²) >= 11 is 0. The van der Waals surface area contributed by atoms with E-state index in [2.05, 4.69) is 5.32 Å². The summed E-state index contributed by atoms with van der Waals surface area (Å²) in [7, 11) is 1.90. The van der Waals surface area contributed by atoms with Gasteiger partial charge in [0.05, 0.1) is 18.0 Å². The van der Waals surface area contributed by atoms with Crippen molar-refractivity contribution in [3.63, 3.8) is 0 Å². The number of para-hydroxylation sites is 1. The highest BCUT2D eigenvalue weighted by molar-refractivity contribution is 6.01. The summed E-state index contributed by atoms with van der Waals surface area (Å²) in [6.45, 7) is 0.632. The number of hydrogen-bond donors (Lipinski definition) is 3. The Balaban J connectivity index is 1.52. The van der Waals surface area contributed by atoms with E-state index in [4.69, 9.17) is 9.94 Å². The minimum atomic E-state index is -0.733. The maximum absolute atomic E-state index is 13.0. The van der Waals surface area contributed by atoms with Crippen LogP contribution in [0.2, 0.25) is 0 Å². The molecule has 2 aromatic carbocycles. The van der Waals surface area contributed by atoms with Crippen LogP contribution in [-0.2, 0) is 9.59 Å². The fourth-order valence-electron chi connectivity index (χ4n) is 4.26. The van der Waals surface area contributed by atoms with Gasteiger partial charge in [0.25, 0.3) is 5.91 Å². The fraction of sp³-hybridized carbons (Fsp3) is 0.292. The van der Waals surface area contributed by atoms with E-state index in [1.165, 1.54) is 17.6 Å². The van der Waals surface area contributed by atoms with Crippen LogP contribution in [-0.4, -0.2) is 52.9 Å². The predicted molar refractivity (Wildman–Crippen MR) is 118 cm³/mol. The lowest BCUT2D eigenvalue weighted by Crippen LogP contribution is -2.57. The summed E-state index contributed by atoms with van der Waals surface area (Å²) in [5.41, 5.74) is 2.61. The molecule has 8 heteroatoms. The van der Waals surface area contributed by atoms with Crippen LogP contribution in [0.5, 0.6) is 5.75 Å². The molecule has 0 aliphatic carbocycles. The van der Waals surface area contributed by atoms with Crippen molar-refractivity contribution in [1.82, 2.24) is 10.4 Å². The molecule has 0 aromatic heterocycles. The lowest BCUT2D eigenvalue weighted by atomic mass is 9.79. The molecule has 1 fully saturated rings. The molecule has 4 rings (SSSR count). The number of amides is 2. The third kappa shape index (κ3) is 4.56. The van der Waals surface area contributed by atoms with Gasteiger partial charge < -0.3 is 10.1 Å². The third-order valence-electron chi connectivity index (χ3n) is 6.01. The van der Waals surface area contributed by atoms with Gasteiger partial charge in [-0.25, -0.2) is 5.48 Å². The average molecular weight is 435 g/mol. The van der Waals surface area contributed by atoms with Gasteiger partial charge in [-0.15, -0.1) is 0 Å². The molecule has 2 aliphatic heterocycles. The zero-order chi connectivity index (χ0) is 22.7. The average Bonchev–Trinajstić information content (AvgIpc) is 2.80. The maximum Gasteiger partial charge on any atom is 0.267 e. The number of ketones is 1. The smallest absolute Gasteiger partial charge is 0.267 e. The molecule has 1 saturated heterocycles. The molecule has 2 aromatic rings. The minimum absolute atomic E-state index is 0.0557. The quantitative estimate of drug-likeness (QED) is 0.387. The Morgan fingerprint density at radius 2 is 2.00 bits per heavy atom. The molecule has 0 radical (unpaired) electrons. The molecule has 2 heterocycles. The Labute approximate surface area is 185 Å². The first-order chi connectivity index (χ1) is 15.4. The second-order valence-electron chi connectivity index (χ2n) is 8.26. The van der Waals surface area contributed by atoms with E-state index < -0.39 is 17.6 Å². The van der Waals surface area contributed by atoms with Crippen molar-refractivity contribution in [2.75, 3.05) is 18.9 Å². The van der Waals surface area contributed by atoms with E-state index in [1.807, 2.05) is 42.3 Å². The number of fused-ring (bicyclic) bond motifs is 1. The predicted octanol–water partition coefficient (Wildman–Crippen LogP) is 2.64. The number of carbonyl (C=O) groups excluding carboxylic acids is 3. The summed E-state index contributed by atoms with van der Waals surface area (Å²) in [6, 6.07) is 14.0. The van der Waals surface area contributed by atoms with Crippen LogP contribution in [0.4, 0.5) is 5.69 Å². The molecule has 32 heavy (non-hydrogen) atoms. The number of carbonyl (C=O) groups is 3. The summed E-state index contributed by atoms with van der Waals surface area (Å²) < 4.78 is 6.34. The lowest BCUT2D eigenvalue weighted by Gasteiger charge is -2.46. The van der Waals surface area contributed by atoms with Crippen molar-refractivity contribution in [3.8, 4) is 5.75 Å². The van der Waals surface area contributed by atoms with E-state index in [0.717, 1.165) is 5.69 Å². The van der Waals surface area contributed by atoms with Crippen LogP contribution >= 0.6 is 0 Å². The molecule has 8 nitrogen and oxygen atoms in total. The Kier molecular flexibility index (Phi) is 6.07. The van der Waals surface area contributed by atoms with E-state index >= 15 is 0 Å². The first-order valence-electron chi connectivity index (χ1n) is 10.4. The number of rotatable bonds is 4. The maximum atomic E-state index is 13.0. The van der Waals surface area contributed by atoms with Crippen molar-refractivity contribution in [2.24, 2.45) is 0 Å². The van der Waals surface area contributed by atoms with Crippen molar-refractivity contribution in [3.05, 3.63) is 65.7 Å². The monoisotopic (exact) mass is 435 g/mol. The number of ether oxygens (including phenoxy) is 1. The van der Waals surface area contributed by atoms with Gasteiger partial charge in [0.15, 0.2) is 5.78 Å². The molecule has 0 saturated carbocycles. The van der Waals surface area contributed by atoms with E-state index in [-0.39, 0.29) is 18.1 Å². The van der Waals surface area contributed by atoms with Gasteiger partial charge >= 0.3 is 0 Å². The molecule has 3 N–H and O–H groups in total. The molecule has 2 amide bonds. The minimum Gasteiger partial charge on any atom is -0.486 e. The van der Waals surface area contributed by atoms with Crippen LogP contribution < -0.4 is 15.5 Å². The number of Topliss-reactive ketones (excluding diaryl/α,β-unsaturated/α-hetero) is 1. The molecule has 0 bridgehead atoms. The molecule has 2 unspecified atom stereocenters. The number of nitrogens with zero attached hydrogens (tertiary/aromatic N) is 1. The SMILES string of the molecule is CN1CCC2(CC(=O)c3cc(C=CC(=O)NO)ccc3O2)CC1C(=O)Nc1ccccc1. The third-order valence-corrected chi connectivity index (χ3v) is 6.01. The number of likely N-dealkylation sites (N-methyl/N-ethyl adjacent to an activating group) is 1. The van der Waals surface area contributed by atoms with Crippen LogP contribution in [0.25, 0.3) is 6.08 Å². The Morgan fingerprint density at radius 3 is 2.75 bits per heavy atom. The van der Waals surface area contributed by atoms with Gasteiger partial charge in [-0.3, -0.25) is 24.5 Å². The number of benzene rings is 2. The second kappa shape index (κ2) is 8.94. The highest BCUT2D eigenvalue weighted by Gasteiger charge is 2.47. The van der Waals surface area contributed by atoms with Crippen molar-refractivity contribution in [1.29, 1.82) is 0 Å². The first kappa shape index (κ1) is 21.7.